The van der Waals surface area contributed by atoms with Gasteiger partial charge in [-0.25, -0.2) is 0 Å². The molecule has 1 heterocycles. The van der Waals surface area contributed by atoms with Crippen molar-refractivity contribution in [3.05, 3.63) is 35.4 Å². The Labute approximate surface area is 96.9 Å². The quantitative estimate of drug-likeness (QED) is 0.780. The van der Waals surface area contributed by atoms with Crippen LogP contribution in [0.15, 0.2) is 24.3 Å². The minimum absolute atomic E-state index is 0.108. The summed E-state index contributed by atoms with van der Waals surface area (Å²) >= 11 is 0. The number of nitrogens with zero attached hydrogens (tertiary/aromatic N) is 1. The van der Waals surface area contributed by atoms with E-state index < -0.39 is 0 Å². The van der Waals surface area contributed by atoms with E-state index in [2.05, 4.69) is 29.2 Å². The van der Waals surface area contributed by atoms with E-state index in [1.54, 1.807) is 0 Å². The highest BCUT2D eigenvalue weighted by Crippen LogP contribution is 2.30. The van der Waals surface area contributed by atoms with Crippen molar-refractivity contribution in [2.75, 3.05) is 0 Å². The second-order valence-corrected chi connectivity index (χ2v) is 5.09. The maximum Gasteiger partial charge on any atom is 0.0695 e. The zero-order valence-electron chi connectivity index (χ0n) is 9.60. The molecular formula is C14H19NO. The lowest BCUT2D eigenvalue weighted by atomic mass is 9.91. The molecule has 1 N–H and O–H groups in total. The molecule has 2 unspecified atom stereocenters. The van der Waals surface area contributed by atoms with Crippen LogP contribution >= 0.6 is 0 Å². The smallest absolute Gasteiger partial charge is 0.0695 e. The van der Waals surface area contributed by atoms with E-state index in [9.17, 15) is 5.11 Å². The van der Waals surface area contributed by atoms with Crippen LogP contribution in [0.2, 0.25) is 0 Å². The normalized spacial score (nSPS) is 30.3. The summed E-state index contributed by atoms with van der Waals surface area (Å²) in [7, 11) is 0. The van der Waals surface area contributed by atoms with Gasteiger partial charge in [-0.3, -0.25) is 4.90 Å². The zero-order valence-corrected chi connectivity index (χ0v) is 9.60. The molecule has 2 aliphatic rings. The number of hydrogen-bond acceptors (Lipinski definition) is 2. The van der Waals surface area contributed by atoms with E-state index in [1.165, 1.54) is 24.0 Å². The summed E-state index contributed by atoms with van der Waals surface area (Å²) in [6.45, 7) is 2.05. The molecule has 0 aromatic heterocycles. The standard InChI is InChI=1S/C14H19NO/c16-14-8-4-3-7-13(14)15-9-11-5-1-2-6-12(11)10-15/h1-2,5-6,13-14,16H,3-4,7-10H2. The predicted molar refractivity (Wildman–Crippen MR) is 64.0 cm³/mol. The highest BCUT2D eigenvalue weighted by atomic mass is 16.3. The number of rotatable bonds is 1. The lowest BCUT2D eigenvalue weighted by Gasteiger charge is -2.34. The summed E-state index contributed by atoms with van der Waals surface area (Å²) in [5, 5.41) is 10.1. The van der Waals surface area contributed by atoms with Gasteiger partial charge in [-0.1, -0.05) is 37.1 Å². The largest absolute Gasteiger partial charge is 0.391 e. The minimum atomic E-state index is -0.108. The van der Waals surface area contributed by atoms with Crippen molar-refractivity contribution in [2.45, 2.75) is 50.9 Å². The van der Waals surface area contributed by atoms with E-state index >= 15 is 0 Å². The Morgan fingerprint density at radius 2 is 1.62 bits per heavy atom. The molecule has 1 aliphatic carbocycles. The van der Waals surface area contributed by atoms with Gasteiger partial charge in [0.1, 0.15) is 0 Å². The molecule has 2 nitrogen and oxygen atoms in total. The van der Waals surface area contributed by atoms with Crippen LogP contribution in [0.5, 0.6) is 0 Å². The summed E-state index contributed by atoms with van der Waals surface area (Å²) in [6.07, 6.45) is 4.50. The summed E-state index contributed by atoms with van der Waals surface area (Å²) in [5.41, 5.74) is 2.89. The van der Waals surface area contributed by atoms with Crippen molar-refractivity contribution in [3.8, 4) is 0 Å². The van der Waals surface area contributed by atoms with Gasteiger partial charge < -0.3 is 5.11 Å². The van der Waals surface area contributed by atoms with Crippen molar-refractivity contribution in [3.63, 3.8) is 0 Å². The molecule has 1 fully saturated rings. The maximum absolute atomic E-state index is 10.1. The number of fused-ring (bicyclic) bond motifs is 1. The third-order valence-corrected chi connectivity index (χ3v) is 4.03. The van der Waals surface area contributed by atoms with Crippen LogP contribution in [0.4, 0.5) is 0 Å². The molecule has 3 rings (SSSR count). The van der Waals surface area contributed by atoms with Crippen LogP contribution in [0.25, 0.3) is 0 Å². The predicted octanol–water partition coefficient (Wildman–Crippen LogP) is 2.31. The molecule has 16 heavy (non-hydrogen) atoms. The summed E-state index contributed by atoms with van der Waals surface area (Å²) in [6, 6.07) is 9.04. The van der Waals surface area contributed by atoms with Gasteiger partial charge in [0, 0.05) is 19.1 Å². The summed E-state index contributed by atoms with van der Waals surface area (Å²) in [5.74, 6) is 0. The van der Waals surface area contributed by atoms with E-state index in [0.29, 0.717) is 6.04 Å². The average Bonchev–Trinajstić information content (AvgIpc) is 2.73. The van der Waals surface area contributed by atoms with Crippen LogP contribution in [0.1, 0.15) is 36.8 Å². The lowest BCUT2D eigenvalue weighted by molar-refractivity contribution is 0.0177. The topological polar surface area (TPSA) is 23.5 Å². The number of aliphatic hydroxyl groups excluding tert-OH is 1. The van der Waals surface area contributed by atoms with E-state index in [0.717, 1.165) is 25.9 Å². The van der Waals surface area contributed by atoms with Gasteiger partial charge in [-0.15, -0.1) is 0 Å². The van der Waals surface area contributed by atoms with Crippen LogP contribution in [0, 0.1) is 0 Å². The molecule has 0 saturated heterocycles. The number of hydrogen-bond donors (Lipinski definition) is 1. The number of aliphatic hydroxyl groups is 1. The molecular weight excluding hydrogens is 198 g/mol. The summed E-state index contributed by atoms with van der Waals surface area (Å²) in [4.78, 5) is 2.45. The van der Waals surface area contributed by atoms with Crippen LogP contribution < -0.4 is 0 Å². The van der Waals surface area contributed by atoms with Crippen LogP contribution in [-0.2, 0) is 13.1 Å². The third kappa shape index (κ3) is 1.76. The van der Waals surface area contributed by atoms with Crippen molar-refractivity contribution in [2.24, 2.45) is 0 Å². The fraction of sp³-hybridized carbons (Fsp3) is 0.571. The molecule has 0 spiro atoms. The number of benzene rings is 1. The molecule has 2 atom stereocenters. The Hall–Kier alpha value is -0.860. The minimum Gasteiger partial charge on any atom is -0.391 e. The van der Waals surface area contributed by atoms with Crippen LogP contribution in [-0.4, -0.2) is 22.2 Å². The highest BCUT2D eigenvalue weighted by molar-refractivity contribution is 5.30. The van der Waals surface area contributed by atoms with Gasteiger partial charge in [0.15, 0.2) is 0 Å². The molecule has 0 amide bonds. The zero-order chi connectivity index (χ0) is 11.0. The van der Waals surface area contributed by atoms with E-state index in [-0.39, 0.29) is 6.10 Å². The van der Waals surface area contributed by atoms with Crippen molar-refractivity contribution >= 4 is 0 Å². The van der Waals surface area contributed by atoms with Crippen molar-refractivity contribution < 1.29 is 5.11 Å². The first kappa shape index (κ1) is 10.3. The fourth-order valence-electron chi connectivity index (χ4n) is 3.11. The molecule has 1 aromatic rings. The Bertz CT molecular complexity index is 352. The fourth-order valence-corrected chi connectivity index (χ4v) is 3.11. The molecule has 1 aromatic carbocycles. The van der Waals surface area contributed by atoms with Gasteiger partial charge in [0.2, 0.25) is 0 Å². The first-order chi connectivity index (χ1) is 7.84. The second kappa shape index (κ2) is 4.19. The Kier molecular flexibility index (Phi) is 2.70. The van der Waals surface area contributed by atoms with E-state index in [1.807, 2.05) is 0 Å². The molecule has 2 heteroatoms. The third-order valence-electron chi connectivity index (χ3n) is 4.03. The summed E-state index contributed by atoms with van der Waals surface area (Å²) < 4.78 is 0. The van der Waals surface area contributed by atoms with E-state index in [4.69, 9.17) is 0 Å². The molecule has 0 radical (unpaired) electrons. The van der Waals surface area contributed by atoms with Crippen molar-refractivity contribution in [1.82, 2.24) is 4.90 Å². The Balaban J connectivity index is 1.75. The Morgan fingerprint density at radius 3 is 2.25 bits per heavy atom. The highest BCUT2D eigenvalue weighted by Gasteiger charge is 2.31. The van der Waals surface area contributed by atoms with Crippen molar-refractivity contribution in [1.29, 1.82) is 0 Å². The second-order valence-electron chi connectivity index (χ2n) is 5.09. The SMILES string of the molecule is OC1CCCCC1N1Cc2ccccc2C1. The van der Waals surface area contributed by atoms with Gasteiger partial charge in [-0.05, 0) is 24.0 Å². The van der Waals surface area contributed by atoms with Gasteiger partial charge in [-0.2, -0.15) is 0 Å². The monoisotopic (exact) mass is 217 g/mol. The van der Waals surface area contributed by atoms with Gasteiger partial charge >= 0.3 is 0 Å². The first-order valence-electron chi connectivity index (χ1n) is 6.33. The molecule has 1 aliphatic heterocycles. The van der Waals surface area contributed by atoms with Gasteiger partial charge in [0.05, 0.1) is 6.10 Å². The molecule has 86 valence electrons. The Morgan fingerprint density at radius 1 is 1.00 bits per heavy atom. The lowest BCUT2D eigenvalue weighted by Crippen LogP contribution is -2.42. The molecule has 1 saturated carbocycles. The first-order valence-corrected chi connectivity index (χ1v) is 6.33. The average molecular weight is 217 g/mol. The molecule has 0 bridgehead atoms. The van der Waals surface area contributed by atoms with Crippen LogP contribution in [0.3, 0.4) is 0 Å². The maximum atomic E-state index is 10.1. The van der Waals surface area contributed by atoms with Gasteiger partial charge in [0.25, 0.3) is 0 Å².